The highest BCUT2D eigenvalue weighted by atomic mass is 32.2. The molecule has 0 bridgehead atoms. The summed E-state index contributed by atoms with van der Waals surface area (Å²) in [5.41, 5.74) is 19.9. The number of phenols is 1. The van der Waals surface area contributed by atoms with E-state index in [0.29, 0.717) is 69.9 Å². The summed E-state index contributed by atoms with van der Waals surface area (Å²) in [6, 6.07) is -2.11. The van der Waals surface area contributed by atoms with Crippen LogP contribution in [0.25, 0.3) is 21.8 Å². The molecular formula is C92H130N24O19S. The maximum Gasteiger partial charge on any atom is 0.246 e. The van der Waals surface area contributed by atoms with E-state index in [1.165, 1.54) is 69.8 Å². The molecular weight excluding hydrogens is 1780 g/mol. The largest absolute Gasteiger partial charge is 0.508 e. The van der Waals surface area contributed by atoms with E-state index in [9.17, 15) is 53.4 Å². The molecule has 1 unspecified atom stereocenters. The molecule has 3 aliphatic rings. The van der Waals surface area contributed by atoms with E-state index in [1.54, 1.807) is 81.7 Å². The molecule has 738 valence electrons. The maximum atomic E-state index is 15.8. The number of carbonyl (C=O) groups excluding carboxylic acids is 17. The van der Waals surface area contributed by atoms with Gasteiger partial charge in [-0.15, -0.1) is 11.8 Å². The summed E-state index contributed by atoms with van der Waals surface area (Å²) in [5, 5.41) is 60.1. The number of hydrogen-bond acceptors (Lipinski definition) is 22. The monoisotopic (exact) mass is 1910 g/mol. The third kappa shape index (κ3) is 29.2. The van der Waals surface area contributed by atoms with Gasteiger partial charge in [-0.05, 0) is 119 Å². The Morgan fingerprint density at radius 3 is 1.68 bits per heavy atom. The van der Waals surface area contributed by atoms with Gasteiger partial charge in [0.25, 0.3) is 0 Å². The van der Waals surface area contributed by atoms with Crippen molar-refractivity contribution in [2.24, 2.45) is 23.1 Å². The fourth-order valence-electron chi connectivity index (χ4n) is 17.1. The number of nitrogens with one attached hydrogen (secondary N) is 15. The average molecular weight is 1910 g/mol. The van der Waals surface area contributed by atoms with E-state index in [2.05, 4.69) is 78.4 Å². The van der Waals surface area contributed by atoms with Crippen molar-refractivity contribution >= 4 is 140 Å². The molecule has 3 aliphatic heterocycles. The number of likely N-dealkylation sites (N-methyl/N-ethyl adjacent to an activating group) is 3. The van der Waals surface area contributed by atoms with Crippen LogP contribution in [0, 0.1) is 11.3 Å². The van der Waals surface area contributed by atoms with Crippen molar-refractivity contribution in [3.8, 4) is 5.75 Å². The van der Waals surface area contributed by atoms with E-state index in [4.69, 9.17) is 22.6 Å². The zero-order chi connectivity index (χ0) is 99.3. The van der Waals surface area contributed by atoms with Crippen LogP contribution in [0.5, 0.6) is 5.75 Å². The number of thioether (sulfide) groups is 1. The molecule has 6 heterocycles. The lowest BCUT2D eigenvalue weighted by atomic mass is 10.00. The molecule has 0 aliphatic carbocycles. The minimum Gasteiger partial charge on any atom is -0.508 e. The molecule has 0 saturated carbocycles. The van der Waals surface area contributed by atoms with Gasteiger partial charge in [0, 0.05) is 118 Å². The highest BCUT2D eigenvalue weighted by Crippen LogP contribution is 2.30. The van der Waals surface area contributed by atoms with Gasteiger partial charge in [0.05, 0.1) is 31.7 Å². The Labute approximate surface area is 791 Å². The van der Waals surface area contributed by atoms with Crippen molar-refractivity contribution in [1.82, 2.24) is 103 Å². The van der Waals surface area contributed by atoms with Gasteiger partial charge in [0.15, 0.2) is 5.96 Å². The molecule has 44 heteroatoms. The lowest BCUT2D eigenvalue weighted by molar-refractivity contribution is -0.149. The first kappa shape index (κ1) is 106. The fraction of sp³-hybridized carbons (Fsp3) is 0.533. The Hall–Kier alpha value is -13.7. The van der Waals surface area contributed by atoms with Gasteiger partial charge < -0.3 is 125 Å². The summed E-state index contributed by atoms with van der Waals surface area (Å²) >= 11 is 0.766. The molecule has 43 nitrogen and oxygen atoms in total. The summed E-state index contributed by atoms with van der Waals surface area (Å²) in [7, 11) is 3.94. The zero-order valence-electron chi connectivity index (χ0n) is 78.1. The van der Waals surface area contributed by atoms with E-state index in [-0.39, 0.29) is 108 Å². The Bertz CT molecular complexity index is 5240. The third-order valence-corrected chi connectivity index (χ3v) is 25.7. The Kier molecular flexibility index (Phi) is 39.4. The molecule has 3 fully saturated rings. The number of aromatic amines is 3. The number of para-hydroxylation sites is 2. The standard InChI is InChI=1S/C92H130N24O19S/c1-10-12-25-71-84(128)104-62(24-18-34-98-92(95)96)80(124)111-70(79(123)101-45-76(94)120)47-136-48-77(121)103-66(37-53-29-31-57(118)32-30-53)87(131)112(7)52(6)78(122)107-68(41-75(93)119)89(133)115-35-19-27-72(115)85(129)106-64(40-56-44-97-49-102-56)82(126)108-65(36-50(3)4)90(134)116-51(5)28-33-73(116)86(130)105-63(38-54-42-99-60-22-16-14-20-58(54)60)81(125)110-69(46-117)83(127)109-67(39-55-43-100-61-23-17-15-21-59(55)61)88(132)114(9)74(26-13-11-2)91(135)113(71)8/h14-17,20-23,29-32,42-44,49-52,62-74,99-100,117-118H,10-13,18-19,24-28,33-41,45-48H2,1-9H3,(H2,93,119)(H2,94,120)(H,97,102)(H,101,123)(H,103,121)(H,104,128)(H,105,130)(H,106,129)(H,107,122)(H,108,126)(H,109,127)(H,110,125)(H,111,124)(H4,95,96,98)/t51-,52-,62-,63-,64-,65-,66-,67-,68-,69-,70?,71-,72-,73-,74-/m0/s1. The smallest absolute Gasteiger partial charge is 0.246 e. The van der Waals surface area contributed by atoms with Gasteiger partial charge in [-0.3, -0.25) is 86.9 Å². The van der Waals surface area contributed by atoms with Crippen LogP contribution in [0.1, 0.15) is 154 Å². The number of hydrogen-bond donors (Lipinski definition) is 20. The van der Waals surface area contributed by atoms with Crippen LogP contribution in [-0.4, -0.2) is 311 Å². The van der Waals surface area contributed by atoms with Gasteiger partial charge in [0.2, 0.25) is 100 Å². The topological polar surface area (TPSA) is 641 Å². The number of benzene rings is 3. The fourth-order valence-corrected chi connectivity index (χ4v) is 17.9. The number of guanidine groups is 1. The van der Waals surface area contributed by atoms with Crippen LogP contribution < -0.4 is 75.7 Å². The molecule has 9 rings (SSSR count). The third-order valence-electron chi connectivity index (χ3n) is 24.7. The SMILES string of the molecule is CCCC[C@H]1C(=O)N(C)[C@@H](CCCC)C(=O)N[C@@H](CCCNC(=N)N)C(=O)NC(C(=O)NCC(N)=O)CSCC(=O)N[C@@H](Cc2ccc(O)cc2)C(=O)N(C)[C@@H](C)C(=O)N[C@@H](CC(N)=O)C(=O)N2CCC[C@H]2C(=O)N[C@@H](Cc2cnc[nH]2)C(=O)N[C@@H](CC(C)C)C(=O)N2[C@@H](C)CC[C@H]2C(=O)N[C@@H](Cc2c[nH]c3ccccc23)C(=O)N[C@@H](CO)C(=O)N[C@@H](Cc2c[nH]c3ccccc23)C(=O)N1C. The van der Waals surface area contributed by atoms with Gasteiger partial charge in [0.1, 0.15) is 90.3 Å². The predicted molar refractivity (Wildman–Crippen MR) is 503 cm³/mol. The van der Waals surface area contributed by atoms with Gasteiger partial charge >= 0.3 is 0 Å². The highest BCUT2D eigenvalue weighted by Gasteiger charge is 2.47. The lowest BCUT2D eigenvalue weighted by Crippen LogP contribution is -2.62. The van der Waals surface area contributed by atoms with E-state index in [0.717, 1.165) is 31.4 Å². The number of aromatic hydroxyl groups is 1. The Morgan fingerprint density at radius 1 is 0.537 bits per heavy atom. The first-order chi connectivity index (χ1) is 64.8. The zero-order valence-corrected chi connectivity index (χ0v) is 78.9. The molecule has 15 atom stereocenters. The normalized spacial score (nSPS) is 24.7. The van der Waals surface area contributed by atoms with E-state index < -0.39 is 228 Å². The number of nitrogens with zero attached hydrogens (tertiary/aromatic N) is 6. The summed E-state index contributed by atoms with van der Waals surface area (Å²) in [5.74, 6) is -17.4. The van der Waals surface area contributed by atoms with E-state index >= 15 is 38.4 Å². The molecule has 136 heavy (non-hydrogen) atoms. The van der Waals surface area contributed by atoms with Crippen LogP contribution >= 0.6 is 11.8 Å². The average Bonchev–Trinajstić information content (AvgIpc) is 1.67. The lowest BCUT2D eigenvalue weighted by Gasteiger charge is -2.36. The number of nitrogens with two attached hydrogens (primary N) is 3. The van der Waals surface area contributed by atoms with Gasteiger partial charge in [-0.2, -0.15) is 0 Å². The van der Waals surface area contributed by atoms with Crippen molar-refractivity contribution in [1.29, 1.82) is 5.41 Å². The second-order valence-electron chi connectivity index (χ2n) is 35.3. The number of imidazole rings is 1. The van der Waals surface area contributed by atoms with Crippen molar-refractivity contribution in [3.63, 3.8) is 0 Å². The number of fused-ring (bicyclic) bond motifs is 4. The maximum absolute atomic E-state index is 15.8. The van der Waals surface area contributed by atoms with Crippen LogP contribution in [0.2, 0.25) is 0 Å². The quantitative estimate of drug-likeness (QED) is 0.0167. The minimum atomic E-state index is -1.86. The van der Waals surface area contributed by atoms with Crippen LogP contribution in [0.15, 0.2) is 97.7 Å². The molecule has 3 aromatic carbocycles. The summed E-state index contributed by atoms with van der Waals surface area (Å²) in [4.78, 5) is 270. The summed E-state index contributed by atoms with van der Waals surface area (Å²) < 4.78 is 0. The van der Waals surface area contributed by atoms with Crippen molar-refractivity contribution in [3.05, 3.63) is 120 Å². The number of aliphatic hydroxyl groups is 1. The van der Waals surface area contributed by atoms with Crippen molar-refractivity contribution in [2.45, 2.75) is 248 Å². The molecule has 0 radical (unpaired) electrons. The molecule has 6 aromatic rings. The number of aromatic nitrogens is 4. The van der Waals surface area contributed by atoms with Crippen LogP contribution in [0.4, 0.5) is 0 Å². The number of rotatable bonds is 26. The number of carbonyl (C=O) groups is 17. The first-order valence-electron chi connectivity index (χ1n) is 45.9. The number of primary amides is 2. The number of amides is 17. The Morgan fingerprint density at radius 2 is 1.08 bits per heavy atom. The second kappa shape index (κ2) is 50.6. The van der Waals surface area contributed by atoms with Gasteiger partial charge in [-0.25, -0.2) is 4.98 Å². The second-order valence-corrected chi connectivity index (χ2v) is 36.3. The highest BCUT2D eigenvalue weighted by molar-refractivity contribution is 8.00. The molecule has 3 saturated heterocycles. The van der Waals surface area contributed by atoms with Crippen molar-refractivity contribution < 1.29 is 91.7 Å². The number of phenolic OH excluding ortho intramolecular Hbond substituents is 1. The van der Waals surface area contributed by atoms with Crippen LogP contribution in [-0.2, 0) is 107 Å². The number of H-pyrrole nitrogens is 3. The molecule has 17 amide bonds. The molecule has 23 N–H and O–H groups in total. The predicted octanol–water partition coefficient (Wildman–Crippen LogP) is -1.51. The van der Waals surface area contributed by atoms with Crippen LogP contribution in [0.3, 0.4) is 0 Å². The number of aliphatic hydroxyl groups excluding tert-OH is 1. The van der Waals surface area contributed by atoms with Gasteiger partial charge in [-0.1, -0.05) is 102 Å². The van der Waals surface area contributed by atoms with E-state index in [1.807, 2.05) is 13.8 Å². The summed E-state index contributed by atoms with van der Waals surface area (Å²) in [6.45, 7) is 8.37. The molecule has 0 spiro atoms. The number of unbranched alkanes of at least 4 members (excludes halogenated alkanes) is 2. The first-order valence-corrected chi connectivity index (χ1v) is 47.1. The summed E-state index contributed by atoms with van der Waals surface area (Å²) in [6.07, 6.45) is 6.15. The molecule has 3 aromatic heterocycles. The Balaban J connectivity index is 1.10. The van der Waals surface area contributed by atoms with Crippen molar-refractivity contribution in [2.75, 3.05) is 58.9 Å². The minimum absolute atomic E-state index is 0.000691.